The van der Waals surface area contributed by atoms with Crippen molar-refractivity contribution < 1.29 is 14.3 Å². The summed E-state index contributed by atoms with van der Waals surface area (Å²) in [7, 11) is 0. The van der Waals surface area contributed by atoms with Gasteiger partial charge in [-0.2, -0.15) is 11.8 Å². The first-order valence-corrected chi connectivity index (χ1v) is 7.04. The molecule has 2 aliphatic heterocycles. The average molecular weight is 258 g/mol. The number of amides is 3. The zero-order valence-corrected chi connectivity index (χ0v) is 11.0. The quantitative estimate of drug-likeness (QED) is 0.759. The predicted molar refractivity (Wildman–Crippen MR) is 66.0 cm³/mol. The second kappa shape index (κ2) is 4.86. The molecule has 0 aromatic carbocycles. The molecule has 5 nitrogen and oxygen atoms in total. The van der Waals surface area contributed by atoms with Crippen molar-refractivity contribution in [2.45, 2.75) is 31.9 Å². The van der Waals surface area contributed by atoms with Crippen LogP contribution in [0.3, 0.4) is 0 Å². The summed E-state index contributed by atoms with van der Waals surface area (Å²) in [6.07, 6.45) is 0.857. The van der Waals surface area contributed by atoms with Crippen LogP contribution in [0.4, 0.5) is 4.79 Å². The number of hydrogen-bond donors (Lipinski definition) is 1. The van der Waals surface area contributed by atoms with E-state index in [9.17, 15) is 9.59 Å². The highest BCUT2D eigenvalue weighted by atomic mass is 32.2. The number of nitrogens with one attached hydrogen (secondary N) is 1. The Morgan fingerprint density at radius 1 is 1.53 bits per heavy atom. The van der Waals surface area contributed by atoms with Gasteiger partial charge in [-0.15, -0.1) is 0 Å². The lowest BCUT2D eigenvalue weighted by molar-refractivity contribution is -0.131. The molecule has 17 heavy (non-hydrogen) atoms. The van der Waals surface area contributed by atoms with Crippen molar-refractivity contribution in [1.29, 1.82) is 0 Å². The molecule has 96 valence electrons. The molecule has 2 heterocycles. The lowest BCUT2D eigenvalue weighted by Crippen LogP contribution is -2.47. The maximum Gasteiger partial charge on any atom is 0.325 e. The minimum atomic E-state index is -0.625. The van der Waals surface area contributed by atoms with Gasteiger partial charge in [0.2, 0.25) is 0 Å². The summed E-state index contributed by atoms with van der Waals surface area (Å²) in [6, 6.07) is -0.273. The monoisotopic (exact) mass is 258 g/mol. The van der Waals surface area contributed by atoms with Gasteiger partial charge >= 0.3 is 6.03 Å². The van der Waals surface area contributed by atoms with Crippen molar-refractivity contribution in [3.63, 3.8) is 0 Å². The molecule has 6 heteroatoms. The number of carbonyl (C=O) groups is 2. The zero-order valence-electron chi connectivity index (χ0n) is 10.2. The first-order chi connectivity index (χ1) is 8.05. The molecule has 0 aromatic heterocycles. The normalized spacial score (nSPS) is 28.5. The standard InChI is InChI=1S/C11H18N2O3S/c1-8(2)16-5-4-13-9(14)11(12-10(13)15)3-6-17-7-11/h8H,3-7H2,1-2H3,(H,12,15). The molecule has 1 N–H and O–H groups in total. The molecule has 0 aliphatic carbocycles. The summed E-state index contributed by atoms with van der Waals surface area (Å²) < 4.78 is 5.37. The second-order valence-electron chi connectivity index (χ2n) is 4.69. The van der Waals surface area contributed by atoms with E-state index in [0.717, 1.165) is 12.2 Å². The first-order valence-electron chi connectivity index (χ1n) is 5.89. The Hall–Kier alpha value is -0.750. The van der Waals surface area contributed by atoms with Crippen molar-refractivity contribution in [2.24, 2.45) is 0 Å². The molecule has 2 saturated heterocycles. The molecule has 0 saturated carbocycles. The number of carbonyl (C=O) groups excluding carboxylic acids is 2. The summed E-state index contributed by atoms with van der Waals surface area (Å²) in [4.78, 5) is 25.2. The van der Waals surface area contributed by atoms with Crippen LogP contribution >= 0.6 is 11.8 Å². The fraction of sp³-hybridized carbons (Fsp3) is 0.818. The van der Waals surface area contributed by atoms with Crippen molar-refractivity contribution in [3.05, 3.63) is 0 Å². The summed E-state index contributed by atoms with van der Waals surface area (Å²) in [5, 5.41) is 2.83. The number of rotatable bonds is 4. The zero-order chi connectivity index (χ0) is 12.5. The van der Waals surface area contributed by atoms with Crippen LogP contribution in [0.2, 0.25) is 0 Å². The van der Waals surface area contributed by atoms with E-state index in [1.54, 1.807) is 11.8 Å². The number of nitrogens with zero attached hydrogens (tertiary/aromatic N) is 1. The van der Waals surface area contributed by atoms with E-state index in [-0.39, 0.29) is 18.0 Å². The fourth-order valence-electron chi connectivity index (χ4n) is 2.09. The van der Waals surface area contributed by atoms with Crippen molar-refractivity contribution in [2.75, 3.05) is 24.7 Å². The molecule has 2 rings (SSSR count). The van der Waals surface area contributed by atoms with E-state index in [0.29, 0.717) is 18.9 Å². The minimum Gasteiger partial charge on any atom is -0.377 e. The maximum atomic E-state index is 12.2. The van der Waals surface area contributed by atoms with Gasteiger partial charge in [0, 0.05) is 5.75 Å². The Balaban J connectivity index is 1.94. The molecule has 1 atom stereocenters. The van der Waals surface area contributed by atoms with Gasteiger partial charge < -0.3 is 10.1 Å². The van der Waals surface area contributed by atoms with E-state index >= 15 is 0 Å². The van der Waals surface area contributed by atoms with E-state index in [2.05, 4.69) is 5.32 Å². The minimum absolute atomic E-state index is 0.0835. The van der Waals surface area contributed by atoms with Crippen LogP contribution < -0.4 is 5.32 Å². The van der Waals surface area contributed by atoms with Crippen LogP contribution in [-0.4, -0.2) is 53.1 Å². The van der Waals surface area contributed by atoms with Gasteiger partial charge in [0.15, 0.2) is 0 Å². The Morgan fingerprint density at radius 3 is 2.88 bits per heavy atom. The Morgan fingerprint density at radius 2 is 2.29 bits per heavy atom. The summed E-state index contributed by atoms with van der Waals surface area (Å²) in [5.41, 5.74) is -0.625. The van der Waals surface area contributed by atoms with Gasteiger partial charge in [-0.05, 0) is 26.0 Å². The van der Waals surface area contributed by atoms with Crippen molar-refractivity contribution >= 4 is 23.7 Å². The largest absolute Gasteiger partial charge is 0.377 e. The number of imide groups is 1. The van der Waals surface area contributed by atoms with Crippen LogP contribution in [0.1, 0.15) is 20.3 Å². The molecule has 0 radical (unpaired) electrons. The van der Waals surface area contributed by atoms with Crippen molar-refractivity contribution in [1.82, 2.24) is 10.2 Å². The van der Waals surface area contributed by atoms with Gasteiger partial charge in [-0.3, -0.25) is 9.69 Å². The molecule has 2 fully saturated rings. The highest BCUT2D eigenvalue weighted by molar-refractivity contribution is 7.99. The second-order valence-corrected chi connectivity index (χ2v) is 5.80. The van der Waals surface area contributed by atoms with Crippen LogP contribution in [0.25, 0.3) is 0 Å². The average Bonchev–Trinajstić information content (AvgIpc) is 2.80. The molecular weight excluding hydrogens is 240 g/mol. The Kier molecular flexibility index (Phi) is 3.63. The number of urea groups is 1. The number of ether oxygens (including phenoxy) is 1. The topological polar surface area (TPSA) is 58.6 Å². The molecular formula is C11H18N2O3S. The molecule has 3 amide bonds. The van der Waals surface area contributed by atoms with Crippen LogP contribution in [0.15, 0.2) is 0 Å². The maximum absolute atomic E-state index is 12.2. The highest BCUT2D eigenvalue weighted by Gasteiger charge is 2.52. The highest BCUT2D eigenvalue weighted by Crippen LogP contribution is 2.33. The van der Waals surface area contributed by atoms with E-state index in [1.807, 2.05) is 13.8 Å². The molecule has 0 bridgehead atoms. The van der Waals surface area contributed by atoms with Gasteiger partial charge in [-0.1, -0.05) is 0 Å². The van der Waals surface area contributed by atoms with Gasteiger partial charge in [0.1, 0.15) is 5.54 Å². The van der Waals surface area contributed by atoms with E-state index < -0.39 is 5.54 Å². The number of thioether (sulfide) groups is 1. The lowest BCUT2D eigenvalue weighted by atomic mass is 9.99. The fourth-order valence-corrected chi connectivity index (χ4v) is 3.42. The summed E-state index contributed by atoms with van der Waals surface area (Å²) in [6.45, 7) is 4.61. The SMILES string of the molecule is CC(C)OCCN1C(=O)NC2(CCSC2)C1=O. The van der Waals surface area contributed by atoms with Crippen LogP contribution in [-0.2, 0) is 9.53 Å². The third-order valence-corrected chi connectivity index (χ3v) is 4.22. The van der Waals surface area contributed by atoms with Gasteiger partial charge in [0.05, 0.1) is 19.3 Å². The lowest BCUT2D eigenvalue weighted by Gasteiger charge is -2.19. The van der Waals surface area contributed by atoms with Crippen molar-refractivity contribution in [3.8, 4) is 0 Å². The van der Waals surface area contributed by atoms with Gasteiger partial charge in [0.25, 0.3) is 5.91 Å². The first kappa shape index (κ1) is 12.7. The number of hydrogen-bond acceptors (Lipinski definition) is 4. The third kappa shape index (κ3) is 2.42. The van der Waals surface area contributed by atoms with Crippen LogP contribution in [0.5, 0.6) is 0 Å². The molecule has 1 spiro atoms. The summed E-state index contributed by atoms with van der Waals surface area (Å²) in [5.74, 6) is 1.54. The smallest absolute Gasteiger partial charge is 0.325 e. The Labute approximate surface area is 105 Å². The van der Waals surface area contributed by atoms with E-state index in [4.69, 9.17) is 4.74 Å². The predicted octanol–water partition coefficient (Wildman–Crippen LogP) is 0.839. The van der Waals surface area contributed by atoms with Crippen LogP contribution in [0, 0.1) is 0 Å². The third-order valence-electron chi connectivity index (χ3n) is 3.03. The molecule has 2 aliphatic rings. The molecule has 0 aromatic rings. The Bertz CT molecular complexity index is 327. The van der Waals surface area contributed by atoms with Gasteiger partial charge in [-0.25, -0.2) is 4.79 Å². The molecule has 1 unspecified atom stereocenters. The summed E-state index contributed by atoms with van der Waals surface area (Å²) >= 11 is 1.71. The van der Waals surface area contributed by atoms with E-state index in [1.165, 1.54) is 4.90 Å².